The zero-order valence-corrected chi connectivity index (χ0v) is 17.3. The number of thiophene rings is 1. The van der Waals surface area contributed by atoms with Gasteiger partial charge in [0.25, 0.3) is 0 Å². The first-order valence-corrected chi connectivity index (χ1v) is 10.9. The van der Waals surface area contributed by atoms with E-state index in [-0.39, 0.29) is 10.8 Å². The summed E-state index contributed by atoms with van der Waals surface area (Å²) in [5.41, 5.74) is 3.54. The Bertz CT molecular complexity index is 1350. The SMILES string of the molecule is O=c1[nH]c(O)c(Cc2ccc(OCc3ccc4oc(-c5cccs5)nc4c3)cc2)s1. The summed E-state index contributed by atoms with van der Waals surface area (Å²) in [5.74, 6) is 1.31. The predicted octanol–water partition coefficient (Wildman–Crippen LogP) is 5.18. The fourth-order valence-electron chi connectivity index (χ4n) is 3.10. The lowest BCUT2D eigenvalue weighted by molar-refractivity contribution is 0.306. The van der Waals surface area contributed by atoms with Gasteiger partial charge in [-0.25, -0.2) is 4.98 Å². The molecule has 2 aromatic carbocycles. The van der Waals surface area contributed by atoms with E-state index in [2.05, 4.69) is 9.97 Å². The maximum absolute atomic E-state index is 11.3. The molecular formula is C22H16N2O4S2. The number of fused-ring (bicyclic) bond motifs is 1. The number of oxazole rings is 1. The second-order valence-corrected chi connectivity index (χ2v) is 8.71. The molecule has 5 rings (SSSR count). The van der Waals surface area contributed by atoms with Crippen LogP contribution in [-0.4, -0.2) is 15.1 Å². The van der Waals surface area contributed by atoms with Gasteiger partial charge in [-0.1, -0.05) is 35.6 Å². The fourth-order valence-corrected chi connectivity index (χ4v) is 4.50. The highest BCUT2D eigenvalue weighted by atomic mass is 32.1. The lowest BCUT2D eigenvalue weighted by Gasteiger charge is -2.07. The standard InChI is InChI=1S/C22H16N2O4S2/c25-20-19(30-22(26)24-20)11-13-3-6-15(7-4-13)27-12-14-5-8-17-16(10-14)23-21(28-17)18-2-1-9-29-18/h1-10,25H,11-12H2,(H,24,26). The molecule has 3 aromatic heterocycles. The molecule has 0 fully saturated rings. The van der Waals surface area contributed by atoms with E-state index in [0.29, 0.717) is 23.8 Å². The molecule has 30 heavy (non-hydrogen) atoms. The molecule has 0 bridgehead atoms. The maximum Gasteiger partial charge on any atom is 0.307 e. The number of aromatic hydroxyl groups is 1. The minimum Gasteiger partial charge on any atom is -0.494 e. The first-order valence-electron chi connectivity index (χ1n) is 9.20. The summed E-state index contributed by atoms with van der Waals surface area (Å²) in [4.78, 5) is 19.6. The molecule has 0 aliphatic carbocycles. The van der Waals surface area contributed by atoms with Gasteiger partial charge >= 0.3 is 4.87 Å². The van der Waals surface area contributed by atoms with Crippen molar-refractivity contribution in [3.8, 4) is 22.4 Å². The third-order valence-electron chi connectivity index (χ3n) is 4.58. The van der Waals surface area contributed by atoms with E-state index in [9.17, 15) is 9.90 Å². The number of hydrogen-bond donors (Lipinski definition) is 2. The molecule has 0 spiro atoms. The molecule has 0 unspecified atom stereocenters. The molecule has 5 aromatic rings. The molecule has 6 nitrogen and oxygen atoms in total. The van der Waals surface area contributed by atoms with Gasteiger partial charge in [0.05, 0.1) is 9.75 Å². The Balaban J connectivity index is 1.26. The molecule has 150 valence electrons. The van der Waals surface area contributed by atoms with Crippen LogP contribution in [0.15, 0.2) is 69.2 Å². The number of benzene rings is 2. The highest BCUT2D eigenvalue weighted by Crippen LogP contribution is 2.28. The summed E-state index contributed by atoms with van der Waals surface area (Å²) in [6, 6.07) is 17.4. The van der Waals surface area contributed by atoms with Gasteiger partial charge in [0, 0.05) is 6.42 Å². The number of nitrogens with one attached hydrogen (secondary N) is 1. The molecule has 0 aliphatic rings. The Labute approximate surface area is 179 Å². The zero-order chi connectivity index (χ0) is 20.5. The molecule has 0 atom stereocenters. The summed E-state index contributed by atoms with van der Waals surface area (Å²) in [6.45, 7) is 0.413. The van der Waals surface area contributed by atoms with Crippen molar-refractivity contribution in [2.75, 3.05) is 0 Å². The highest BCUT2D eigenvalue weighted by molar-refractivity contribution is 7.13. The van der Waals surface area contributed by atoms with Crippen molar-refractivity contribution in [3.63, 3.8) is 0 Å². The number of rotatable bonds is 6. The molecular weight excluding hydrogens is 420 g/mol. The van der Waals surface area contributed by atoms with Gasteiger partial charge in [0.2, 0.25) is 11.8 Å². The summed E-state index contributed by atoms with van der Waals surface area (Å²) >= 11 is 2.61. The Morgan fingerprint density at radius 3 is 2.67 bits per heavy atom. The average molecular weight is 437 g/mol. The van der Waals surface area contributed by atoms with Crippen LogP contribution in [0.2, 0.25) is 0 Å². The van der Waals surface area contributed by atoms with Crippen LogP contribution in [0.5, 0.6) is 11.6 Å². The van der Waals surface area contributed by atoms with E-state index in [4.69, 9.17) is 9.15 Å². The first kappa shape index (κ1) is 18.7. The van der Waals surface area contributed by atoms with Crippen molar-refractivity contribution >= 4 is 33.8 Å². The van der Waals surface area contributed by atoms with Gasteiger partial charge in [0.1, 0.15) is 17.9 Å². The molecule has 0 saturated carbocycles. The minimum atomic E-state index is -0.256. The predicted molar refractivity (Wildman–Crippen MR) is 118 cm³/mol. The Morgan fingerprint density at radius 1 is 1.10 bits per heavy atom. The quantitative estimate of drug-likeness (QED) is 0.383. The van der Waals surface area contributed by atoms with Crippen LogP contribution in [0.3, 0.4) is 0 Å². The van der Waals surface area contributed by atoms with Crippen molar-refractivity contribution < 1.29 is 14.3 Å². The number of thiazole rings is 1. The number of aromatic amines is 1. The third-order valence-corrected chi connectivity index (χ3v) is 6.31. The Morgan fingerprint density at radius 2 is 1.93 bits per heavy atom. The van der Waals surface area contributed by atoms with Gasteiger partial charge in [-0.15, -0.1) is 11.3 Å². The topological polar surface area (TPSA) is 88.4 Å². The third kappa shape index (κ3) is 3.87. The zero-order valence-electron chi connectivity index (χ0n) is 15.6. The van der Waals surface area contributed by atoms with Crippen LogP contribution in [0.25, 0.3) is 21.9 Å². The summed E-state index contributed by atoms with van der Waals surface area (Å²) in [7, 11) is 0. The number of hydrogen-bond acceptors (Lipinski definition) is 7. The molecule has 2 N–H and O–H groups in total. The van der Waals surface area contributed by atoms with E-state index < -0.39 is 0 Å². The summed E-state index contributed by atoms with van der Waals surface area (Å²) < 4.78 is 11.7. The minimum absolute atomic E-state index is 0.0594. The van der Waals surface area contributed by atoms with Crippen molar-refractivity contribution in [3.05, 3.63) is 85.6 Å². The van der Waals surface area contributed by atoms with E-state index in [1.54, 1.807) is 11.3 Å². The van der Waals surface area contributed by atoms with Crippen LogP contribution in [0.1, 0.15) is 16.0 Å². The van der Waals surface area contributed by atoms with Crippen LogP contribution >= 0.6 is 22.7 Å². The average Bonchev–Trinajstić information content (AvgIpc) is 3.47. The van der Waals surface area contributed by atoms with Crippen LogP contribution in [-0.2, 0) is 13.0 Å². The van der Waals surface area contributed by atoms with E-state index in [0.717, 1.165) is 44.2 Å². The van der Waals surface area contributed by atoms with Gasteiger partial charge in [-0.05, 0) is 46.8 Å². The lowest BCUT2D eigenvalue weighted by atomic mass is 10.1. The lowest BCUT2D eigenvalue weighted by Crippen LogP contribution is -1.95. The summed E-state index contributed by atoms with van der Waals surface area (Å²) in [5, 5.41) is 11.7. The van der Waals surface area contributed by atoms with Gasteiger partial charge < -0.3 is 14.3 Å². The summed E-state index contributed by atoms with van der Waals surface area (Å²) in [6.07, 6.45) is 0.491. The van der Waals surface area contributed by atoms with Crippen LogP contribution in [0, 0.1) is 0 Å². The number of aromatic nitrogens is 2. The van der Waals surface area contributed by atoms with Gasteiger partial charge in [-0.2, -0.15) is 0 Å². The molecule has 0 amide bonds. The smallest absolute Gasteiger partial charge is 0.307 e. The van der Waals surface area contributed by atoms with Crippen molar-refractivity contribution in [1.82, 2.24) is 9.97 Å². The van der Waals surface area contributed by atoms with E-state index in [1.807, 2.05) is 60.0 Å². The number of H-pyrrole nitrogens is 1. The molecule has 0 saturated heterocycles. The Hall–Kier alpha value is -3.36. The van der Waals surface area contributed by atoms with Crippen molar-refractivity contribution in [1.29, 1.82) is 0 Å². The fraction of sp³-hybridized carbons (Fsp3) is 0.0909. The van der Waals surface area contributed by atoms with Crippen molar-refractivity contribution in [2.24, 2.45) is 0 Å². The number of nitrogens with zero attached hydrogens (tertiary/aromatic N) is 1. The molecule has 8 heteroatoms. The molecule has 3 heterocycles. The highest BCUT2D eigenvalue weighted by Gasteiger charge is 2.10. The monoisotopic (exact) mass is 436 g/mol. The second kappa shape index (κ2) is 7.81. The molecule has 0 aliphatic heterocycles. The van der Waals surface area contributed by atoms with Crippen LogP contribution in [0.4, 0.5) is 0 Å². The van der Waals surface area contributed by atoms with E-state index >= 15 is 0 Å². The number of ether oxygens (including phenoxy) is 1. The van der Waals surface area contributed by atoms with E-state index in [1.165, 1.54) is 0 Å². The first-order chi connectivity index (χ1) is 14.6. The van der Waals surface area contributed by atoms with Gasteiger partial charge in [0.15, 0.2) is 5.58 Å². The normalized spacial score (nSPS) is 11.2. The maximum atomic E-state index is 11.3. The molecule has 0 radical (unpaired) electrons. The largest absolute Gasteiger partial charge is 0.494 e. The van der Waals surface area contributed by atoms with Crippen LogP contribution < -0.4 is 9.61 Å². The Kier molecular flexibility index (Phi) is 4.86. The van der Waals surface area contributed by atoms with Gasteiger partial charge in [-0.3, -0.25) is 9.78 Å². The van der Waals surface area contributed by atoms with Crippen molar-refractivity contribution in [2.45, 2.75) is 13.0 Å². The second-order valence-electron chi connectivity index (χ2n) is 6.69.